The van der Waals surface area contributed by atoms with Crippen LogP contribution in [-0.4, -0.2) is 23.6 Å². The summed E-state index contributed by atoms with van der Waals surface area (Å²) in [4.78, 5) is 2.16. The Morgan fingerprint density at radius 3 is 2.80 bits per heavy atom. The van der Waals surface area contributed by atoms with Gasteiger partial charge in [-0.1, -0.05) is 32.0 Å². The zero-order valence-corrected chi connectivity index (χ0v) is 9.70. The van der Waals surface area contributed by atoms with Crippen molar-refractivity contribution in [1.29, 1.82) is 0 Å². The second-order valence-corrected chi connectivity index (χ2v) is 4.83. The molecule has 2 rings (SSSR count). The lowest BCUT2D eigenvalue weighted by Gasteiger charge is -2.29. The molecule has 0 aromatic heterocycles. The highest BCUT2D eigenvalue weighted by atomic mass is 16.3. The van der Waals surface area contributed by atoms with E-state index in [0.717, 1.165) is 18.7 Å². The molecule has 0 bridgehead atoms. The van der Waals surface area contributed by atoms with E-state index >= 15 is 0 Å². The van der Waals surface area contributed by atoms with Gasteiger partial charge >= 0.3 is 0 Å². The third-order valence-electron chi connectivity index (χ3n) is 3.12. The van der Waals surface area contributed by atoms with E-state index in [1.165, 1.54) is 11.1 Å². The van der Waals surface area contributed by atoms with Crippen LogP contribution < -0.4 is 0 Å². The molecule has 1 heterocycles. The van der Waals surface area contributed by atoms with Gasteiger partial charge in [-0.3, -0.25) is 4.90 Å². The van der Waals surface area contributed by atoms with Crippen LogP contribution in [0.3, 0.4) is 0 Å². The minimum atomic E-state index is -0.319. The Balaban J connectivity index is 2.39. The largest absolute Gasteiger partial charge is 0.387 e. The van der Waals surface area contributed by atoms with E-state index in [0.29, 0.717) is 5.92 Å². The van der Waals surface area contributed by atoms with Crippen LogP contribution in [0.1, 0.15) is 42.6 Å². The predicted octanol–water partition coefficient (Wildman–Crippen LogP) is 2.29. The van der Waals surface area contributed by atoms with Crippen LogP contribution in [0.15, 0.2) is 18.2 Å². The standard InChI is InChI=1S/C13H19NO/c1-9(2)10-4-5-12-11(6-10)7-14(3)8-13(12)15/h4-6,9,13,15H,7-8H2,1-3H3. The monoisotopic (exact) mass is 205 g/mol. The third-order valence-corrected chi connectivity index (χ3v) is 3.12. The average molecular weight is 205 g/mol. The summed E-state index contributed by atoms with van der Waals surface area (Å²) < 4.78 is 0. The van der Waals surface area contributed by atoms with Crippen molar-refractivity contribution in [2.24, 2.45) is 0 Å². The smallest absolute Gasteiger partial charge is 0.0920 e. The molecule has 82 valence electrons. The molecule has 0 fully saturated rings. The van der Waals surface area contributed by atoms with Crippen LogP contribution in [0.4, 0.5) is 0 Å². The van der Waals surface area contributed by atoms with Crippen LogP contribution in [-0.2, 0) is 6.54 Å². The van der Waals surface area contributed by atoms with E-state index < -0.39 is 0 Å². The van der Waals surface area contributed by atoms with Gasteiger partial charge in [0, 0.05) is 13.1 Å². The maximum Gasteiger partial charge on any atom is 0.0920 e. The Hall–Kier alpha value is -0.860. The van der Waals surface area contributed by atoms with E-state index in [1.807, 2.05) is 7.05 Å². The molecule has 15 heavy (non-hydrogen) atoms. The second kappa shape index (κ2) is 3.95. The molecule has 2 heteroatoms. The summed E-state index contributed by atoms with van der Waals surface area (Å²) in [7, 11) is 2.05. The van der Waals surface area contributed by atoms with Crippen molar-refractivity contribution in [3.8, 4) is 0 Å². The van der Waals surface area contributed by atoms with Gasteiger partial charge in [0.25, 0.3) is 0 Å². The SMILES string of the molecule is CC(C)c1ccc2c(c1)CN(C)CC2O. The molecule has 1 unspecified atom stereocenters. The van der Waals surface area contributed by atoms with Crippen LogP contribution >= 0.6 is 0 Å². The van der Waals surface area contributed by atoms with Gasteiger partial charge in [-0.2, -0.15) is 0 Å². The van der Waals surface area contributed by atoms with Crippen molar-refractivity contribution in [3.05, 3.63) is 34.9 Å². The third kappa shape index (κ3) is 2.06. The zero-order chi connectivity index (χ0) is 11.0. The molecule has 1 N–H and O–H groups in total. The highest BCUT2D eigenvalue weighted by molar-refractivity contribution is 5.36. The molecule has 0 saturated heterocycles. The lowest BCUT2D eigenvalue weighted by Crippen LogP contribution is -2.30. The molecule has 1 aromatic rings. The second-order valence-electron chi connectivity index (χ2n) is 4.83. The minimum Gasteiger partial charge on any atom is -0.387 e. The highest BCUT2D eigenvalue weighted by Crippen LogP contribution is 2.28. The molecule has 1 aliphatic rings. The lowest BCUT2D eigenvalue weighted by molar-refractivity contribution is 0.108. The number of aliphatic hydroxyl groups is 1. The van der Waals surface area contributed by atoms with Crippen LogP contribution in [0.25, 0.3) is 0 Å². The summed E-state index contributed by atoms with van der Waals surface area (Å²) in [6, 6.07) is 6.46. The van der Waals surface area contributed by atoms with Gasteiger partial charge in [0.15, 0.2) is 0 Å². The van der Waals surface area contributed by atoms with Crippen LogP contribution in [0, 0.1) is 0 Å². The first-order chi connectivity index (χ1) is 7.08. The van der Waals surface area contributed by atoms with Crippen molar-refractivity contribution < 1.29 is 5.11 Å². The molecular formula is C13H19NO. The van der Waals surface area contributed by atoms with E-state index in [1.54, 1.807) is 0 Å². The van der Waals surface area contributed by atoms with E-state index in [4.69, 9.17) is 0 Å². The number of benzene rings is 1. The normalized spacial score (nSPS) is 21.8. The fourth-order valence-electron chi connectivity index (χ4n) is 2.20. The molecule has 0 amide bonds. The maximum atomic E-state index is 9.92. The number of hydrogen-bond acceptors (Lipinski definition) is 2. The van der Waals surface area contributed by atoms with E-state index in [9.17, 15) is 5.11 Å². The Bertz CT molecular complexity index is 360. The van der Waals surface area contributed by atoms with Gasteiger partial charge in [0.05, 0.1) is 6.10 Å². The predicted molar refractivity (Wildman–Crippen MR) is 61.8 cm³/mol. The van der Waals surface area contributed by atoms with Crippen molar-refractivity contribution in [2.75, 3.05) is 13.6 Å². The summed E-state index contributed by atoms with van der Waals surface area (Å²) in [5.41, 5.74) is 3.75. The van der Waals surface area contributed by atoms with Crippen molar-refractivity contribution >= 4 is 0 Å². The molecule has 0 aliphatic carbocycles. The number of likely N-dealkylation sites (N-methyl/N-ethyl adjacent to an activating group) is 1. The first-order valence-electron chi connectivity index (χ1n) is 5.57. The number of nitrogens with zero attached hydrogens (tertiary/aromatic N) is 1. The molecule has 0 saturated carbocycles. The molecule has 1 aliphatic heterocycles. The number of aliphatic hydroxyl groups excluding tert-OH is 1. The van der Waals surface area contributed by atoms with Crippen molar-refractivity contribution in [1.82, 2.24) is 4.90 Å². The van der Waals surface area contributed by atoms with E-state index in [2.05, 4.69) is 36.9 Å². The lowest BCUT2D eigenvalue weighted by atomic mass is 9.92. The summed E-state index contributed by atoms with van der Waals surface area (Å²) in [5, 5.41) is 9.92. The molecule has 1 aromatic carbocycles. The molecule has 1 atom stereocenters. The number of hydrogen-bond donors (Lipinski definition) is 1. The minimum absolute atomic E-state index is 0.319. The molecule has 0 spiro atoms. The van der Waals surface area contributed by atoms with Gasteiger partial charge in [0.1, 0.15) is 0 Å². The summed E-state index contributed by atoms with van der Waals surface area (Å²) >= 11 is 0. The van der Waals surface area contributed by atoms with Gasteiger partial charge < -0.3 is 5.11 Å². The van der Waals surface area contributed by atoms with Crippen molar-refractivity contribution in [3.63, 3.8) is 0 Å². The summed E-state index contributed by atoms with van der Waals surface area (Å²) in [6.07, 6.45) is -0.319. The van der Waals surface area contributed by atoms with Crippen LogP contribution in [0.5, 0.6) is 0 Å². The molecule has 0 radical (unpaired) electrons. The maximum absolute atomic E-state index is 9.92. The van der Waals surface area contributed by atoms with Gasteiger partial charge in [-0.05, 0) is 29.7 Å². The highest BCUT2D eigenvalue weighted by Gasteiger charge is 2.21. The first kappa shape index (κ1) is 10.7. The Morgan fingerprint density at radius 2 is 2.13 bits per heavy atom. The number of fused-ring (bicyclic) bond motifs is 1. The average Bonchev–Trinajstić information content (AvgIpc) is 2.16. The first-order valence-corrected chi connectivity index (χ1v) is 5.57. The Morgan fingerprint density at radius 1 is 1.40 bits per heavy atom. The number of rotatable bonds is 1. The van der Waals surface area contributed by atoms with Crippen LogP contribution in [0.2, 0.25) is 0 Å². The number of β-amino-alcohol motifs (C(OH)–C–C–N with tert-alkyl or cyclic N) is 1. The van der Waals surface area contributed by atoms with Gasteiger partial charge in [-0.25, -0.2) is 0 Å². The zero-order valence-electron chi connectivity index (χ0n) is 9.70. The van der Waals surface area contributed by atoms with E-state index in [-0.39, 0.29) is 6.10 Å². The summed E-state index contributed by atoms with van der Waals surface area (Å²) in [6.45, 7) is 6.09. The quantitative estimate of drug-likeness (QED) is 0.760. The van der Waals surface area contributed by atoms with Crippen molar-refractivity contribution in [2.45, 2.75) is 32.4 Å². The van der Waals surface area contributed by atoms with Gasteiger partial charge in [0.2, 0.25) is 0 Å². The Kier molecular flexibility index (Phi) is 2.81. The topological polar surface area (TPSA) is 23.5 Å². The Labute approximate surface area is 91.5 Å². The fourth-order valence-corrected chi connectivity index (χ4v) is 2.20. The molecule has 2 nitrogen and oxygen atoms in total. The summed E-state index contributed by atoms with van der Waals surface area (Å²) in [5.74, 6) is 0.555. The fraction of sp³-hybridized carbons (Fsp3) is 0.538. The molecular weight excluding hydrogens is 186 g/mol. The van der Waals surface area contributed by atoms with Gasteiger partial charge in [-0.15, -0.1) is 0 Å².